The van der Waals surface area contributed by atoms with Gasteiger partial charge in [-0.05, 0) is 49.9 Å². The van der Waals surface area contributed by atoms with Gasteiger partial charge in [0, 0.05) is 48.7 Å². The molecule has 6 nitrogen and oxygen atoms in total. The lowest BCUT2D eigenvalue weighted by Gasteiger charge is -2.24. The fourth-order valence-corrected chi connectivity index (χ4v) is 4.61. The summed E-state index contributed by atoms with van der Waals surface area (Å²) in [5.41, 5.74) is 1.13. The summed E-state index contributed by atoms with van der Waals surface area (Å²) in [5.74, 6) is -1.31. The van der Waals surface area contributed by atoms with Gasteiger partial charge >= 0.3 is 6.18 Å². The number of halogens is 3. The van der Waals surface area contributed by atoms with Gasteiger partial charge in [0.25, 0.3) is 0 Å². The number of fused-ring (bicyclic) bond motifs is 1. The van der Waals surface area contributed by atoms with E-state index in [9.17, 15) is 22.8 Å². The van der Waals surface area contributed by atoms with Crippen LogP contribution < -0.4 is 4.90 Å². The molecule has 0 saturated heterocycles. The first kappa shape index (κ1) is 24.6. The summed E-state index contributed by atoms with van der Waals surface area (Å²) in [6, 6.07) is 14.4. The zero-order chi connectivity index (χ0) is 25.0. The molecule has 9 heteroatoms. The van der Waals surface area contributed by atoms with Gasteiger partial charge in [-0.25, -0.2) is 0 Å². The van der Waals surface area contributed by atoms with Gasteiger partial charge in [0.1, 0.15) is 0 Å². The van der Waals surface area contributed by atoms with Crippen LogP contribution in [0.1, 0.15) is 41.9 Å². The number of hydrogen-bond acceptors (Lipinski definition) is 4. The Labute approximate surface area is 201 Å². The van der Waals surface area contributed by atoms with E-state index in [0.29, 0.717) is 36.3 Å². The number of alkyl halides is 3. The number of carbonyl (C=O) groups excluding carboxylic acids is 2. The molecule has 0 spiro atoms. The number of anilines is 1. The van der Waals surface area contributed by atoms with Crippen LogP contribution in [0.4, 0.5) is 18.9 Å². The lowest BCUT2D eigenvalue weighted by Crippen LogP contribution is -2.36. The van der Waals surface area contributed by atoms with Crippen molar-refractivity contribution in [2.24, 2.45) is 5.92 Å². The van der Waals surface area contributed by atoms with E-state index in [1.165, 1.54) is 9.58 Å². The summed E-state index contributed by atoms with van der Waals surface area (Å²) in [6.45, 7) is -0.292. The highest BCUT2D eigenvalue weighted by Crippen LogP contribution is 2.36. The Morgan fingerprint density at radius 1 is 1.06 bits per heavy atom. The second-order valence-corrected chi connectivity index (χ2v) is 8.83. The third-order valence-electron chi connectivity index (χ3n) is 6.33. The normalized spacial score (nSPS) is 14.3. The number of pyridine rings is 1. The number of amides is 1. The Morgan fingerprint density at radius 3 is 2.46 bits per heavy atom. The van der Waals surface area contributed by atoms with Crippen LogP contribution in [0.3, 0.4) is 0 Å². The molecule has 0 saturated carbocycles. The van der Waals surface area contributed by atoms with E-state index in [2.05, 4.69) is 10.1 Å². The maximum Gasteiger partial charge on any atom is 0.435 e. The van der Waals surface area contributed by atoms with Gasteiger partial charge in [0.05, 0.1) is 12.5 Å². The summed E-state index contributed by atoms with van der Waals surface area (Å²) in [7, 11) is 1.65. The Balaban J connectivity index is 1.56. The molecule has 184 valence electrons. The van der Waals surface area contributed by atoms with Crippen LogP contribution in [0.2, 0.25) is 0 Å². The predicted octanol–water partition coefficient (Wildman–Crippen LogP) is 4.66. The van der Waals surface area contributed by atoms with Gasteiger partial charge in [0.2, 0.25) is 5.91 Å². The molecule has 2 aromatic heterocycles. The standard InChI is InChI=1S/C26H27F3N4O2/c1-32(20-10-3-2-4-11-20)25(35)18(15-19-9-7-8-14-30-19)16-21(34)17-33-23-13-6-5-12-22(23)24(31-33)26(27,28)29/h2-4,7-11,14,18H,5-6,12-13,15-17H2,1H3. The Hall–Kier alpha value is -3.49. The van der Waals surface area contributed by atoms with Crippen LogP contribution in [-0.4, -0.2) is 33.5 Å². The molecule has 1 aliphatic rings. The number of benzene rings is 1. The lowest BCUT2D eigenvalue weighted by molar-refractivity contribution is -0.142. The van der Waals surface area contributed by atoms with Gasteiger partial charge in [-0.15, -0.1) is 0 Å². The molecule has 1 aliphatic carbocycles. The molecule has 35 heavy (non-hydrogen) atoms. The van der Waals surface area contributed by atoms with Gasteiger partial charge in [-0.2, -0.15) is 18.3 Å². The van der Waals surface area contributed by atoms with Crippen LogP contribution >= 0.6 is 0 Å². The van der Waals surface area contributed by atoms with E-state index < -0.39 is 17.8 Å². The van der Waals surface area contributed by atoms with Crippen molar-refractivity contribution in [3.05, 3.63) is 77.4 Å². The number of ketones is 1. The molecule has 1 amide bonds. The van der Waals surface area contributed by atoms with Gasteiger partial charge in [0.15, 0.2) is 11.5 Å². The lowest BCUT2D eigenvalue weighted by atomic mass is 9.94. The molecule has 0 bridgehead atoms. The maximum atomic E-state index is 13.5. The van der Waals surface area contributed by atoms with E-state index in [-0.39, 0.29) is 36.6 Å². The highest BCUT2D eigenvalue weighted by Gasteiger charge is 2.39. The Kier molecular flexibility index (Phi) is 7.33. The fourth-order valence-electron chi connectivity index (χ4n) is 4.61. The van der Waals surface area contributed by atoms with E-state index >= 15 is 0 Å². The topological polar surface area (TPSA) is 68.1 Å². The Bertz CT molecular complexity index is 1180. The third-order valence-corrected chi connectivity index (χ3v) is 6.33. The average molecular weight is 485 g/mol. The largest absolute Gasteiger partial charge is 0.435 e. The molecule has 1 unspecified atom stereocenters. The van der Waals surface area contributed by atoms with Crippen LogP contribution in [-0.2, 0) is 41.6 Å². The van der Waals surface area contributed by atoms with E-state index in [4.69, 9.17) is 0 Å². The summed E-state index contributed by atoms with van der Waals surface area (Å²) in [6.07, 6.45) is -0.634. The first-order valence-corrected chi connectivity index (χ1v) is 11.6. The predicted molar refractivity (Wildman–Crippen MR) is 125 cm³/mol. The molecule has 0 radical (unpaired) electrons. The highest BCUT2D eigenvalue weighted by atomic mass is 19.4. The van der Waals surface area contributed by atoms with Crippen LogP contribution in [0, 0.1) is 5.92 Å². The zero-order valence-corrected chi connectivity index (χ0v) is 19.5. The van der Waals surface area contributed by atoms with Gasteiger partial charge < -0.3 is 4.90 Å². The van der Waals surface area contributed by atoms with Crippen molar-refractivity contribution >= 4 is 17.4 Å². The molecule has 2 heterocycles. The average Bonchev–Trinajstić information content (AvgIpc) is 3.23. The monoisotopic (exact) mass is 484 g/mol. The van der Waals surface area contributed by atoms with Crippen molar-refractivity contribution < 1.29 is 22.8 Å². The van der Waals surface area contributed by atoms with E-state index in [1.807, 2.05) is 18.2 Å². The first-order valence-electron chi connectivity index (χ1n) is 11.6. The zero-order valence-electron chi connectivity index (χ0n) is 19.5. The number of nitrogens with zero attached hydrogens (tertiary/aromatic N) is 4. The van der Waals surface area contributed by atoms with E-state index in [1.54, 1.807) is 43.6 Å². The first-order chi connectivity index (χ1) is 16.7. The third kappa shape index (κ3) is 5.78. The van der Waals surface area contributed by atoms with Crippen LogP contribution in [0.5, 0.6) is 0 Å². The van der Waals surface area contributed by atoms with Crippen molar-refractivity contribution in [2.75, 3.05) is 11.9 Å². The fraction of sp³-hybridized carbons (Fsp3) is 0.385. The minimum atomic E-state index is -4.56. The summed E-state index contributed by atoms with van der Waals surface area (Å²) < 4.78 is 41.7. The molecular weight excluding hydrogens is 457 g/mol. The maximum absolute atomic E-state index is 13.5. The SMILES string of the molecule is CN(C(=O)C(CC(=O)Cn1nc(C(F)(F)F)c2c1CCCC2)Cc1ccccn1)c1ccccc1. The number of rotatable bonds is 8. The van der Waals surface area contributed by atoms with Gasteiger partial charge in [-0.3, -0.25) is 19.3 Å². The van der Waals surface area contributed by atoms with Crippen LogP contribution in [0.25, 0.3) is 0 Å². The van der Waals surface area contributed by atoms with Gasteiger partial charge in [-0.1, -0.05) is 24.3 Å². The number of hydrogen-bond donors (Lipinski definition) is 0. The molecule has 1 atom stereocenters. The molecular formula is C26H27F3N4O2. The summed E-state index contributed by atoms with van der Waals surface area (Å²) >= 11 is 0. The Morgan fingerprint density at radius 2 is 1.77 bits per heavy atom. The van der Waals surface area contributed by atoms with Crippen molar-refractivity contribution in [3.8, 4) is 0 Å². The van der Waals surface area contributed by atoms with Crippen molar-refractivity contribution in [3.63, 3.8) is 0 Å². The number of para-hydroxylation sites is 1. The van der Waals surface area contributed by atoms with E-state index in [0.717, 1.165) is 6.42 Å². The summed E-state index contributed by atoms with van der Waals surface area (Å²) in [5, 5.41) is 3.79. The molecule has 1 aromatic carbocycles. The second-order valence-electron chi connectivity index (χ2n) is 8.83. The highest BCUT2D eigenvalue weighted by molar-refractivity contribution is 5.97. The smallest absolute Gasteiger partial charge is 0.315 e. The van der Waals surface area contributed by atoms with Crippen molar-refractivity contribution in [1.29, 1.82) is 0 Å². The molecule has 0 fully saturated rings. The summed E-state index contributed by atoms with van der Waals surface area (Å²) in [4.78, 5) is 32.3. The van der Waals surface area contributed by atoms with Crippen LogP contribution in [0.15, 0.2) is 54.7 Å². The molecule has 0 N–H and O–H groups in total. The number of aromatic nitrogens is 3. The minimum absolute atomic E-state index is 0.122. The second kappa shape index (κ2) is 10.4. The molecule has 4 rings (SSSR count). The minimum Gasteiger partial charge on any atom is -0.315 e. The molecule has 3 aromatic rings. The van der Waals surface area contributed by atoms with Crippen molar-refractivity contribution in [2.45, 2.75) is 51.2 Å². The number of carbonyl (C=O) groups is 2. The number of Topliss-reactive ketones (excluding diaryl/α,β-unsaturated/α-hetero) is 1. The molecule has 0 aliphatic heterocycles. The quantitative estimate of drug-likeness (QED) is 0.467. The van der Waals surface area contributed by atoms with Crippen molar-refractivity contribution in [1.82, 2.24) is 14.8 Å².